The number of rotatable bonds is 5. The van der Waals surface area contributed by atoms with E-state index in [1.54, 1.807) is 18.7 Å². The standard InChI is InChI=1S/C15H23F3N4O3S/c16-15(17,18)12-1-4-22(5-2-12)26(24,25)20-13-7-11(8-14(13)23)9-21-6-3-19-10-21/h3,6,10-14,20,23H,1-2,4-5,7-9H2/t11?,13-,14-/m1/s1. The summed E-state index contributed by atoms with van der Waals surface area (Å²) in [6, 6.07) is -0.631. The molecule has 1 saturated heterocycles. The third-order valence-corrected chi connectivity index (χ3v) is 6.86. The number of aliphatic hydroxyl groups is 1. The number of aliphatic hydroxyl groups excluding tert-OH is 1. The van der Waals surface area contributed by atoms with Gasteiger partial charge < -0.3 is 9.67 Å². The fourth-order valence-corrected chi connectivity index (χ4v) is 5.25. The summed E-state index contributed by atoms with van der Waals surface area (Å²) in [6.07, 6.45) is 0.470. The van der Waals surface area contributed by atoms with Gasteiger partial charge in [-0.05, 0) is 31.6 Å². The van der Waals surface area contributed by atoms with Crippen LogP contribution in [-0.2, 0) is 16.8 Å². The van der Waals surface area contributed by atoms with E-state index in [1.807, 2.05) is 4.57 Å². The van der Waals surface area contributed by atoms with Gasteiger partial charge >= 0.3 is 6.18 Å². The predicted octanol–water partition coefficient (Wildman–Crippen LogP) is 1.13. The average Bonchev–Trinajstić information content (AvgIpc) is 3.17. The van der Waals surface area contributed by atoms with Gasteiger partial charge in [0.15, 0.2) is 0 Å². The first kappa shape index (κ1) is 19.6. The largest absolute Gasteiger partial charge is 0.391 e. The van der Waals surface area contributed by atoms with Crippen LogP contribution in [0.2, 0.25) is 0 Å². The number of piperidine rings is 1. The predicted molar refractivity (Wildman–Crippen MR) is 87.2 cm³/mol. The molecule has 1 aliphatic carbocycles. The number of nitrogens with zero attached hydrogens (tertiary/aromatic N) is 3. The Balaban J connectivity index is 1.54. The van der Waals surface area contributed by atoms with Gasteiger partial charge in [-0.15, -0.1) is 0 Å². The fourth-order valence-electron chi connectivity index (χ4n) is 3.78. The molecule has 3 atom stereocenters. The lowest BCUT2D eigenvalue weighted by Crippen LogP contribution is -2.51. The number of hydrogen-bond acceptors (Lipinski definition) is 4. The number of aromatic nitrogens is 2. The van der Waals surface area contributed by atoms with Crippen molar-refractivity contribution in [2.75, 3.05) is 13.1 Å². The quantitative estimate of drug-likeness (QED) is 0.781. The zero-order valence-corrected chi connectivity index (χ0v) is 15.0. The van der Waals surface area contributed by atoms with Crippen molar-refractivity contribution >= 4 is 10.2 Å². The molecule has 2 N–H and O–H groups in total. The molecule has 2 aliphatic rings. The van der Waals surface area contributed by atoms with Crippen molar-refractivity contribution < 1.29 is 26.7 Å². The van der Waals surface area contributed by atoms with Crippen LogP contribution in [0.3, 0.4) is 0 Å². The smallest absolute Gasteiger partial charge is 0.391 e. The van der Waals surface area contributed by atoms with Crippen molar-refractivity contribution in [2.45, 2.75) is 50.6 Å². The van der Waals surface area contributed by atoms with E-state index >= 15 is 0 Å². The molecule has 11 heteroatoms. The van der Waals surface area contributed by atoms with Gasteiger partial charge in [-0.25, -0.2) is 4.98 Å². The van der Waals surface area contributed by atoms with E-state index < -0.39 is 34.4 Å². The summed E-state index contributed by atoms with van der Waals surface area (Å²) in [5.41, 5.74) is 0. The Bertz CT molecular complexity index is 687. The maximum absolute atomic E-state index is 12.7. The van der Waals surface area contributed by atoms with Gasteiger partial charge in [-0.1, -0.05) is 0 Å². The zero-order chi connectivity index (χ0) is 18.9. The van der Waals surface area contributed by atoms with Crippen LogP contribution in [0.5, 0.6) is 0 Å². The van der Waals surface area contributed by atoms with E-state index in [-0.39, 0.29) is 31.8 Å². The van der Waals surface area contributed by atoms with Crippen LogP contribution in [0.4, 0.5) is 13.2 Å². The monoisotopic (exact) mass is 396 g/mol. The highest BCUT2D eigenvalue weighted by Gasteiger charge is 2.44. The second kappa shape index (κ2) is 7.45. The van der Waals surface area contributed by atoms with Crippen LogP contribution in [0.1, 0.15) is 25.7 Å². The maximum Gasteiger partial charge on any atom is 0.391 e. The van der Waals surface area contributed by atoms with Crippen molar-refractivity contribution in [3.05, 3.63) is 18.7 Å². The molecule has 0 aromatic carbocycles. The zero-order valence-electron chi connectivity index (χ0n) is 14.1. The molecule has 2 fully saturated rings. The minimum absolute atomic E-state index is 0.0999. The molecule has 1 aromatic rings. The minimum atomic E-state index is -4.29. The minimum Gasteiger partial charge on any atom is -0.391 e. The van der Waals surface area contributed by atoms with Crippen molar-refractivity contribution in [3.63, 3.8) is 0 Å². The van der Waals surface area contributed by atoms with Gasteiger partial charge in [-0.3, -0.25) is 0 Å². The second-order valence-electron chi connectivity index (χ2n) is 7.11. The molecule has 0 bridgehead atoms. The van der Waals surface area contributed by atoms with Gasteiger partial charge in [0, 0.05) is 38.1 Å². The molecule has 0 radical (unpaired) electrons. The fraction of sp³-hybridized carbons (Fsp3) is 0.800. The first-order chi connectivity index (χ1) is 12.1. The summed E-state index contributed by atoms with van der Waals surface area (Å²) in [5, 5.41) is 10.2. The highest BCUT2D eigenvalue weighted by Crippen LogP contribution is 2.35. The van der Waals surface area contributed by atoms with Crippen LogP contribution in [-0.4, -0.2) is 58.8 Å². The summed E-state index contributed by atoms with van der Waals surface area (Å²) >= 11 is 0. The molecule has 2 heterocycles. The van der Waals surface area contributed by atoms with Crippen LogP contribution in [0.25, 0.3) is 0 Å². The Morgan fingerprint density at radius 2 is 1.92 bits per heavy atom. The van der Waals surface area contributed by atoms with Crippen molar-refractivity contribution in [2.24, 2.45) is 11.8 Å². The number of hydrogen-bond donors (Lipinski definition) is 2. The number of alkyl halides is 3. The van der Waals surface area contributed by atoms with Crippen molar-refractivity contribution in [1.29, 1.82) is 0 Å². The Labute approximate surface area is 150 Å². The summed E-state index contributed by atoms with van der Waals surface area (Å²) in [5.74, 6) is -1.35. The Morgan fingerprint density at radius 1 is 1.23 bits per heavy atom. The maximum atomic E-state index is 12.7. The molecule has 26 heavy (non-hydrogen) atoms. The molecule has 1 aromatic heterocycles. The van der Waals surface area contributed by atoms with Crippen molar-refractivity contribution in [3.8, 4) is 0 Å². The lowest BCUT2D eigenvalue weighted by atomic mass is 9.98. The van der Waals surface area contributed by atoms with E-state index in [4.69, 9.17) is 0 Å². The average molecular weight is 396 g/mol. The third kappa shape index (κ3) is 4.56. The Kier molecular flexibility index (Phi) is 5.61. The van der Waals surface area contributed by atoms with E-state index in [0.717, 1.165) is 4.31 Å². The molecule has 3 rings (SSSR count). The molecule has 0 amide bonds. The topological polar surface area (TPSA) is 87.5 Å². The number of halogens is 3. The lowest BCUT2D eigenvalue weighted by molar-refractivity contribution is -0.182. The van der Waals surface area contributed by atoms with E-state index in [1.165, 1.54) is 0 Å². The molecular weight excluding hydrogens is 373 g/mol. The molecule has 1 aliphatic heterocycles. The van der Waals surface area contributed by atoms with E-state index in [2.05, 4.69) is 9.71 Å². The van der Waals surface area contributed by atoms with Gasteiger partial charge in [0.25, 0.3) is 10.2 Å². The van der Waals surface area contributed by atoms with Crippen LogP contribution >= 0.6 is 0 Å². The SMILES string of the molecule is O=S(=O)(N[C@@H]1CC(Cn2ccnc2)C[C@H]1O)N1CCC(C(F)(F)F)CC1. The van der Waals surface area contributed by atoms with Gasteiger partial charge in [0.2, 0.25) is 0 Å². The van der Waals surface area contributed by atoms with Gasteiger partial charge in [0.1, 0.15) is 0 Å². The van der Waals surface area contributed by atoms with Crippen molar-refractivity contribution in [1.82, 2.24) is 18.6 Å². The molecular formula is C15H23F3N4O3S. The lowest BCUT2D eigenvalue weighted by Gasteiger charge is -2.33. The molecule has 7 nitrogen and oxygen atoms in total. The first-order valence-corrected chi connectivity index (χ1v) is 10.1. The van der Waals surface area contributed by atoms with Crippen LogP contribution in [0, 0.1) is 11.8 Å². The Morgan fingerprint density at radius 3 is 2.50 bits per heavy atom. The molecule has 1 unspecified atom stereocenters. The third-order valence-electron chi connectivity index (χ3n) is 5.21. The Hall–Kier alpha value is -1.17. The summed E-state index contributed by atoms with van der Waals surface area (Å²) in [4.78, 5) is 3.95. The number of imidazole rings is 1. The highest BCUT2D eigenvalue weighted by molar-refractivity contribution is 7.87. The summed E-state index contributed by atoms with van der Waals surface area (Å²) in [7, 11) is -3.92. The van der Waals surface area contributed by atoms with Crippen LogP contribution in [0.15, 0.2) is 18.7 Å². The summed E-state index contributed by atoms with van der Waals surface area (Å²) in [6.45, 7) is 0.299. The van der Waals surface area contributed by atoms with E-state index in [9.17, 15) is 26.7 Å². The van der Waals surface area contributed by atoms with Crippen LogP contribution < -0.4 is 4.72 Å². The van der Waals surface area contributed by atoms with E-state index in [0.29, 0.717) is 19.4 Å². The first-order valence-electron chi connectivity index (χ1n) is 8.63. The second-order valence-corrected chi connectivity index (χ2v) is 8.81. The molecule has 148 valence electrons. The number of nitrogens with one attached hydrogen (secondary N) is 1. The normalized spacial score (nSPS) is 29.3. The van der Waals surface area contributed by atoms with Gasteiger partial charge in [0.05, 0.1) is 18.3 Å². The summed E-state index contributed by atoms with van der Waals surface area (Å²) < 4.78 is 68.5. The highest BCUT2D eigenvalue weighted by atomic mass is 32.2. The molecule has 0 spiro atoms. The molecule has 1 saturated carbocycles. The van der Waals surface area contributed by atoms with Gasteiger partial charge in [-0.2, -0.15) is 30.6 Å².